The van der Waals surface area contributed by atoms with Crippen LogP contribution >= 0.6 is 0 Å². The normalized spacial score (nSPS) is 21.7. The Kier molecular flexibility index (Phi) is 8.54. The zero-order chi connectivity index (χ0) is 21.5. The Morgan fingerprint density at radius 2 is 1.87 bits per heavy atom. The van der Waals surface area contributed by atoms with Gasteiger partial charge in [0.1, 0.15) is 11.9 Å². The van der Waals surface area contributed by atoms with Crippen molar-refractivity contribution in [3.8, 4) is 5.75 Å². The molecule has 0 aliphatic carbocycles. The predicted molar refractivity (Wildman–Crippen MR) is 122 cm³/mol. The highest BCUT2D eigenvalue weighted by Crippen LogP contribution is 2.24. The Balaban J connectivity index is 1.49. The number of benzene rings is 1. The monoisotopic (exact) mass is 416 g/mol. The molecule has 0 aromatic heterocycles. The van der Waals surface area contributed by atoms with E-state index in [1.165, 1.54) is 25.9 Å². The summed E-state index contributed by atoms with van der Waals surface area (Å²) in [6.45, 7) is 9.69. The highest BCUT2D eigenvalue weighted by molar-refractivity contribution is 5.94. The van der Waals surface area contributed by atoms with Gasteiger partial charge in [0.2, 0.25) is 0 Å². The van der Waals surface area contributed by atoms with Crippen LogP contribution in [0.3, 0.4) is 0 Å². The maximum Gasteiger partial charge on any atom is 0.253 e. The molecule has 6 nitrogen and oxygen atoms in total. The second-order valence-electron chi connectivity index (χ2n) is 9.10. The van der Waals surface area contributed by atoms with Crippen molar-refractivity contribution >= 4 is 5.91 Å². The number of nitrogens with zero attached hydrogens (tertiary/aromatic N) is 4. The van der Waals surface area contributed by atoms with Gasteiger partial charge in [0, 0.05) is 51.4 Å². The lowest BCUT2D eigenvalue weighted by Gasteiger charge is -2.42. The molecular weight excluding hydrogens is 376 g/mol. The predicted octanol–water partition coefficient (Wildman–Crippen LogP) is 2.65. The van der Waals surface area contributed by atoms with Crippen LogP contribution in [0.4, 0.5) is 0 Å². The topological polar surface area (TPSA) is 39.3 Å². The van der Waals surface area contributed by atoms with Gasteiger partial charge in [0.05, 0.1) is 0 Å². The molecule has 1 aromatic rings. The Morgan fingerprint density at radius 3 is 2.57 bits per heavy atom. The largest absolute Gasteiger partial charge is 0.490 e. The molecule has 30 heavy (non-hydrogen) atoms. The minimum absolute atomic E-state index is 0.0508. The van der Waals surface area contributed by atoms with Crippen molar-refractivity contribution in [1.29, 1.82) is 0 Å². The van der Waals surface area contributed by atoms with Gasteiger partial charge >= 0.3 is 0 Å². The number of amides is 1. The first kappa shape index (κ1) is 23.0. The summed E-state index contributed by atoms with van der Waals surface area (Å²) >= 11 is 0. The lowest BCUT2D eigenvalue weighted by molar-refractivity contribution is 0.0440. The Labute approximate surface area is 182 Å². The maximum absolute atomic E-state index is 12.7. The SMILES string of the molecule is CCN1CCC[C@H](N2CCC(Oc3cccc(C(=O)N(C)CCN(C)C)c3)CC2)C1. The van der Waals surface area contributed by atoms with E-state index in [1.807, 2.05) is 45.4 Å². The van der Waals surface area contributed by atoms with E-state index >= 15 is 0 Å². The molecule has 1 aromatic carbocycles. The van der Waals surface area contributed by atoms with Crippen LogP contribution in [0.2, 0.25) is 0 Å². The van der Waals surface area contributed by atoms with Crippen molar-refractivity contribution in [1.82, 2.24) is 19.6 Å². The van der Waals surface area contributed by atoms with Crippen LogP contribution in [0.1, 0.15) is 43.0 Å². The van der Waals surface area contributed by atoms with Gasteiger partial charge in [-0.25, -0.2) is 0 Å². The fourth-order valence-electron chi connectivity index (χ4n) is 4.54. The van der Waals surface area contributed by atoms with Gasteiger partial charge in [-0.1, -0.05) is 13.0 Å². The molecule has 2 heterocycles. The van der Waals surface area contributed by atoms with Crippen molar-refractivity contribution < 1.29 is 9.53 Å². The summed E-state index contributed by atoms with van der Waals surface area (Å²) in [5.41, 5.74) is 0.702. The van der Waals surface area contributed by atoms with Crippen LogP contribution in [0, 0.1) is 0 Å². The molecule has 3 rings (SSSR count). The first-order chi connectivity index (χ1) is 14.5. The Morgan fingerprint density at radius 1 is 1.10 bits per heavy atom. The number of likely N-dealkylation sites (N-methyl/N-ethyl adjacent to an activating group) is 3. The summed E-state index contributed by atoms with van der Waals surface area (Å²) < 4.78 is 6.29. The van der Waals surface area contributed by atoms with E-state index in [2.05, 4.69) is 21.6 Å². The van der Waals surface area contributed by atoms with Crippen LogP contribution in [0.25, 0.3) is 0 Å². The van der Waals surface area contributed by atoms with Gasteiger partial charge in [0.25, 0.3) is 5.91 Å². The number of hydrogen-bond donors (Lipinski definition) is 0. The van der Waals surface area contributed by atoms with Gasteiger partial charge in [-0.2, -0.15) is 0 Å². The molecule has 2 aliphatic heterocycles. The van der Waals surface area contributed by atoms with Crippen LogP contribution in [0.5, 0.6) is 5.75 Å². The van der Waals surface area contributed by atoms with Crippen LogP contribution < -0.4 is 4.74 Å². The molecule has 0 saturated carbocycles. The van der Waals surface area contributed by atoms with Crippen molar-refractivity contribution in [3.63, 3.8) is 0 Å². The van der Waals surface area contributed by atoms with E-state index in [4.69, 9.17) is 4.74 Å². The second-order valence-corrected chi connectivity index (χ2v) is 9.10. The fraction of sp³-hybridized carbons (Fsp3) is 0.708. The number of hydrogen-bond acceptors (Lipinski definition) is 5. The van der Waals surface area contributed by atoms with Gasteiger partial charge in [-0.3, -0.25) is 9.69 Å². The van der Waals surface area contributed by atoms with Gasteiger partial charge in [-0.15, -0.1) is 0 Å². The molecule has 0 radical (unpaired) electrons. The summed E-state index contributed by atoms with van der Waals surface area (Å²) in [6, 6.07) is 8.40. The Bertz CT molecular complexity index is 673. The fourth-order valence-corrected chi connectivity index (χ4v) is 4.54. The minimum atomic E-state index is 0.0508. The number of ether oxygens (including phenoxy) is 1. The molecule has 1 atom stereocenters. The zero-order valence-corrected chi connectivity index (χ0v) is 19.3. The quantitative estimate of drug-likeness (QED) is 0.652. The van der Waals surface area contributed by atoms with Crippen molar-refractivity contribution in [3.05, 3.63) is 29.8 Å². The molecule has 0 spiro atoms. The van der Waals surface area contributed by atoms with E-state index in [0.29, 0.717) is 18.2 Å². The number of carbonyl (C=O) groups excluding carboxylic acids is 1. The number of carbonyl (C=O) groups is 1. The molecule has 168 valence electrons. The van der Waals surface area contributed by atoms with Gasteiger partial charge < -0.3 is 19.4 Å². The molecule has 0 unspecified atom stereocenters. The number of rotatable bonds is 8. The van der Waals surface area contributed by atoms with Crippen molar-refractivity contribution in [2.24, 2.45) is 0 Å². The third kappa shape index (κ3) is 6.43. The minimum Gasteiger partial charge on any atom is -0.490 e. The van der Waals surface area contributed by atoms with E-state index in [-0.39, 0.29) is 12.0 Å². The molecule has 2 fully saturated rings. The van der Waals surface area contributed by atoms with E-state index in [9.17, 15) is 4.79 Å². The van der Waals surface area contributed by atoms with Crippen molar-refractivity contribution in [2.45, 2.75) is 44.8 Å². The summed E-state index contributed by atoms with van der Waals surface area (Å²) in [7, 11) is 5.90. The third-order valence-corrected chi connectivity index (χ3v) is 6.53. The number of likely N-dealkylation sites (tertiary alicyclic amines) is 2. The molecule has 0 N–H and O–H groups in total. The van der Waals surface area contributed by atoms with Gasteiger partial charge in [-0.05, 0) is 71.1 Å². The molecule has 2 saturated heterocycles. The maximum atomic E-state index is 12.7. The first-order valence-corrected chi connectivity index (χ1v) is 11.6. The van der Waals surface area contributed by atoms with E-state index in [1.54, 1.807) is 4.90 Å². The number of piperidine rings is 2. The molecule has 1 amide bonds. The summed E-state index contributed by atoms with van der Waals surface area (Å²) in [5, 5.41) is 0. The standard InChI is InChI=1S/C24H40N4O2/c1-5-27-13-7-9-21(19-27)28-14-11-22(12-15-28)30-23-10-6-8-20(18-23)24(29)26(4)17-16-25(2)3/h6,8,10,18,21-22H,5,7,9,11-17,19H2,1-4H3/t21-/m0/s1. The van der Waals surface area contributed by atoms with Gasteiger partial charge in [0.15, 0.2) is 0 Å². The van der Waals surface area contributed by atoms with Crippen LogP contribution in [-0.2, 0) is 0 Å². The zero-order valence-electron chi connectivity index (χ0n) is 19.3. The lowest BCUT2D eigenvalue weighted by atomic mass is 9.99. The smallest absolute Gasteiger partial charge is 0.253 e. The average Bonchev–Trinajstić information content (AvgIpc) is 2.77. The van der Waals surface area contributed by atoms with Crippen LogP contribution in [0.15, 0.2) is 24.3 Å². The Hall–Kier alpha value is -1.63. The first-order valence-electron chi connectivity index (χ1n) is 11.6. The molecular formula is C24H40N4O2. The van der Waals surface area contributed by atoms with E-state index < -0.39 is 0 Å². The average molecular weight is 417 g/mol. The lowest BCUT2D eigenvalue weighted by Crippen LogP contribution is -2.51. The molecule has 6 heteroatoms. The van der Waals surface area contributed by atoms with Crippen molar-refractivity contribution in [2.75, 3.05) is 67.0 Å². The summed E-state index contributed by atoms with van der Waals surface area (Å²) in [4.78, 5) is 21.8. The highest BCUT2D eigenvalue weighted by atomic mass is 16.5. The third-order valence-electron chi connectivity index (χ3n) is 6.53. The second kappa shape index (κ2) is 11.1. The van der Waals surface area contributed by atoms with E-state index in [0.717, 1.165) is 44.8 Å². The molecule has 2 aliphatic rings. The van der Waals surface area contributed by atoms with Crippen LogP contribution in [-0.4, -0.2) is 105 Å². The summed E-state index contributed by atoms with van der Waals surface area (Å²) in [6.07, 6.45) is 5.00. The highest BCUT2D eigenvalue weighted by Gasteiger charge is 2.29. The summed E-state index contributed by atoms with van der Waals surface area (Å²) in [5.74, 6) is 0.866. The molecule has 0 bridgehead atoms.